The molecule has 0 bridgehead atoms. The van der Waals surface area contributed by atoms with Crippen LogP contribution in [0.4, 0.5) is 11.4 Å². The van der Waals surface area contributed by atoms with Gasteiger partial charge in [-0.1, -0.05) is 42.1 Å². The summed E-state index contributed by atoms with van der Waals surface area (Å²) in [6, 6.07) is 13.7. The molecule has 1 amide bonds. The summed E-state index contributed by atoms with van der Waals surface area (Å²) >= 11 is 1.08. The van der Waals surface area contributed by atoms with Crippen LogP contribution in [0.5, 0.6) is 5.75 Å². The van der Waals surface area contributed by atoms with Gasteiger partial charge in [0, 0.05) is 12.1 Å². The van der Waals surface area contributed by atoms with Crippen molar-refractivity contribution in [2.45, 2.75) is 11.6 Å². The van der Waals surface area contributed by atoms with Crippen LogP contribution in [0, 0.1) is 10.1 Å². The summed E-state index contributed by atoms with van der Waals surface area (Å²) in [5.74, 6) is 0.395. The quantitative estimate of drug-likeness (QED) is 0.347. The Labute approximate surface area is 164 Å². The Bertz CT molecular complexity index is 977. The summed E-state index contributed by atoms with van der Waals surface area (Å²) in [7, 11) is 1.41. The summed E-state index contributed by atoms with van der Waals surface area (Å²) in [5.41, 5.74) is 1.11. The molecule has 0 radical (unpaired) electrons. The van der Waals surface area contributed by atoms with Crippen LogP contribution in [-0.2, 0) is 11.2 Å². The van der Waals surface area contributed by atoms with E-state index in [0.29, 0.717) is 18.1 Å². The first kappa shape index (κ1) is 19.4. The van der Waals surface area contributed by atoms with E-state index in [9.17, 15) is 14.9 Å². The van der Waals surface area contributed by atoms with Crippen LogP contribution in [0.2, 0.25) is 0 Å². The Balaban J connectivity index is 1.58. The van der Waals surface area contributed by atoms with Crippen LogP contribution in [0.1, 0.15) is 11.5 Å². The minimum Gasteiger partial charge on any atom is -0.495 e. The zero-order valence-electron chi connectivity index (χ0n) is 14.8. The van der Waals surface area contributed by atoms with E-state index in [-0.39, 0.29) is 28.3 Å². The van der Waals surface area contributed by atoms with Crippen LogP contribution in [0.3, 0.4) is 0 Å². The van der Waals surface area contributed by atoms with Crippen LogP contribution < -0.4 is 10.1 Å². The Hall–Kier alpha value is -3.40. The van der Waals surface area contributed by atoms with Gasteiger partial charge >= 0.3 is 0 Å². The first-order chi connectivity index (χ1) is 13.5. The van der Waals surface area contributed by atoms with Gasteiger partial charge in [-0.15, -0.1) is 10.2 Å². The van der Waals surface area contributed by atoms with E-state index in [0.717, 1.165) is 17.3 Å². The van der Waals surface area contributed by atoms with Gasteiger partial charge in [-0.05, 0) is 11.6 Å². The van der Waals surface area contributed by atoms with Crippen molar-refractivity contribution in [3.8, 4) is 5.75 Å². The largest absolute Gasteiger partial charge is 0.495 e. The van der Waals surface area contributed by atoms with Crippen molar-refractivity contribution in [1.29, 1.82) is 0 Å². The number of nitro benzene ring substituents is 1. The number of thioether (sulfide) groups is 1. The Morgan fingerprint density at radius 1 is 1.25 bits per heavy atom. The second-order valence-electron chi connectivity index (χ2n) is 5.60. The maximum absolute atomic E-state index is 12.2. The first-order valence-corrected chi connectivity index (χ1v) is 9.15. The van der Waals surface area contributed by atoms with Crippen molar-refractivity contribution in [3.63, 3.8) is 0 Å². The molecule has 3 rings (SSSR count). The molecule has 0 saturated carbocycles. The third-order valence-electron chi connectivity index (χ3n) is 3.64. The van der Waals surface area contributed by atoms with Gasteiger partial charge in [0.25, 0.3) is 10.9 Å². The minimum atomic E-state index is -0.545. The fourth-order valence-electron chi connectivity index (χ4n) is 2.36. The van der Waals surface area contributed by atoms with Crippen LogP contribution in [0.15, 0.2) is 58.2 Å². The van der Waals surface area contributed by atoms with E-state index >= 15 is 0 Å². The van der Waals surface area contributed by atoms with Gasteiger partial charge in [0.2, 0.25) is 11.8 Å². The second-order valence-corrected chi connectivity index (χ2v) is 6.53. The lowest BCUT2D eigenvalue weighted by Crippen LogP contribution is -2.14. The molecule has 0 atom stereocenters. The van der Waals surface area contributed by atoms with Gasteiger partial charge in [-0.2, -0.15) is 0 Å². The van der Waals surface area contributed by atoms with Crippen molar-refractivity contribution in [2.24, 2.45) is 0 Å². The summed E-state index contributed by atoms with van der Waals surface area (Å²) in [4.78, 5) is 22.5. The number of methoxy groups -OCH3 is 1. The lowest BCUT2D eigenvalue weighted by molar-refractivity contribution is -0.384. The van der Waals surface area contributed by atoms with Crippen LogP contribution >= 0.6 is 11.8 Å². The number of anilines is 1. The van der Waals surface area contributed by atoms with Gasteiger partial charge < -0.3 is 14.5 Å². The van der Waals surface area contributed by atoms with E-state index in [1.54, 1.807) is 0 Å². The highest BCUT2D eigenvalue weighted by atomic mass is 32.2. The van der Waals surface area contributed by atoms with Crippen molar-refractivity contribution < 1.29 is 18.9 Å². The number of hydrogen-bond donors (Lipinski definition) is 1. The Morgan fingerprint density at radius 2 is 2.04 bits per heavy atom. The molecule has 0 unspecified atom stereocenters. The predicted molar refractivity (Wildman–Crippen MR) is 103 cm³/mol. The molecule has 0 aliphatic carbocycles. The molecule has 1 N–H and O–H groups in total. The van der Waals surface area contributed by atoms with Crippen molar-refractivity contribution in [3.05, 3.63) is 70.1 Å². The third-order valence-corrected chi connectivity index (χ3v) is 4.46. The van der Waals surface area contributed by atoms with E-state index in [1.807, 2.05) is 30.3 Å². The number of amides is 1. The number of aromatic nitrogens is 2. The maximum atomic E-state index is 12.2. The molecule has 0 aliphatic heterocycles. The molecular weight excluding hydrogens is 384 g/mol. The first-order valence-electron chi connectivity index (χ1n) is 8.16. The number of nitrogens with zero attached hydrogens (tertiary/aromatic N) is 3. The van der Waals surface area contributed by atoms with Crippen LogP contribution in [0.25, 0.3) is 0 Å². The SMILES string of the molecule is COc1ccc([N+](=O)[O-])cc1NC(=O)CSc1nnc(Cc2ccccc2)o1. The third kappa shape index (κ3) is 5.07. The predicted octanol–water partition coefficient (Wildman–Crippen LogP) is 3.31. The van der Waals surface area contributed by atoms with Crippen LogP contribution in [-0.4, -0.2) is 33.9 Å². The highest BCUT2D eigenvalue weighted by Gasteiger charge is 2.15. The summed E-state index contributed by atoms with van der Waals surface area (Å²) in [6.45, 7) is 0. The number of nitrogens with one attached hydrogen (secondary N) is 1. The Kier molecular flexibility index (Phi) is 6.22. The molecule has 0 spiro atoms. The molecule has 0 fully saturated rings. The number of nitro groups is 1. The molecule has 2 aromatic carbocycles. The number of carbonyl (C=O) groups excluding carboxylic acids is 1. The van der Waals surface area contributed by atoms with Gasteiger partial charge in [0.1, 0.15) is 5.75 Å². The fourth-order valence-corrected chi connectivity index (χ4v) is 2.94. The average Bonchev–Trinajstić information content (AvgIpc) is 3.14. The van der Waals surface area contributed by atoms with Crippen molar-refractivity contribution >= 4 is 29.0 Å². The topological polar surface area (TPSA) is 120 Å². The molecule has 9 nitrogen and oxygen atoms in total. The van der Waals surface area contributed by atoms with Gasteiger partial charge in [-0.3, -0.25) is 14.9 Å². The number of carbonyl (C=O) groups is 1. The smallest absolute Gasteiger partial charge is 0.277 e. The van der Waals surface area contributed by atoms with Gasteiger partial charge in [0.15, 0.2) is 0 Å². The summed E-state index contributed by atoms with van der Waals surface area (Å²) < 4.78 is 10.6. The van der Waals surface area contributed by atoms with Gasteiger partial charge in [0.05, 0.1) is 29.9 Å². The summed E-state index contributed by atoms with van der Waals surface area (Å²) in [6.07, 6.45) is 0.505. The molecule has 10 heteroatoms. The molecule has 0 aliphatic rings. The number of ether oxygens (including phenoxy) is 1. The van der Waals surface area contributed by atoms with Crippen molar-refractivity contribution in [2.75, 3.05) is 18.2 Å². The molecule has 1 aromatic heterocycles. The number of hydrogen-bond acceptors (Lipinski definition) is 8. The minimum absolute atomic E-state index is 0.00117. The zero-order valence-corrected chi connectivity index (χ0v) is 15.6. The van der Waals surface area contributed by atoms with Gasteiger partial charge in [-0.25, -0.2) is 0 Å². The number of rotatable bonds is 8. The maximum Gasteiger partial charge on any atom is 0.277 e. The monoisotopic (exact) mass is 400 g/mol. The molecule has 3 aromatic rings. The zero-order chi connectivity index (χ0) is 19.9. The van der Waals surface area contributed by atoms with E-state index in [4.69, 9.17) is 9.15 Å². The normalized spacial score (nSPS) is 10.5. The Morgan fingerprint density at radius 3 is 2.75 bits per heavy atom. The molecule has 28 heavy (non-hydrogen) atoms. The van der Waals surface area contributed by atoms with E-state index < -0.39 is 4.92 Å². The fraction of sp³-hybridized carbons (Fsp3) is 0.167. The highest BCUT2D eigenvalue weighted by Crippen LogP contribution is 2.29. The molecule has 144 valence electrons. The summed E-state index contributed by atoms with van der Waals surface area (Å²) in [5, 5.41) is 21.7. The van der Waals surface area contributed by atoms with Crippen molar-refractivity contribution in [1.82, 2.24) is 10.2 Å². The lowest BCUT2D eigenvalue weighted by atomic mass is 10.2. The average molecular weight is 400 g/mol. The second kappa shape index (κ2) is 9.00. The molecule has 1 heterocycles. The standard InChI is InChI=1S/C18H16N4O5S/c1-26-15-8-7-13(22(24)25)10-14(15)19-16(23)11-28-18-21-20-17(27-18)9-12-5-3-2-4-6-12/h2-8,10H,9,11H2,1H3,(H,19,23). The highest BCUT2D eigenvalue weighted by molar-refractivity contribution is 7.99. The lowest BCUT2D eigenvalue weighted by Gasteiger charge is -2.09. The molecular formula is C18H16N4O5S. The van der Waals surface area contributed by atoms with E-state index in [1.165, 1.54) is 25.3 Å². The molecule has 0 saturated heterocycles. The number of benzene rings is 2. The number of non-ortho nitro benzene ring substituents is 1. The van der Waals surface area contributed by atoms with E-state index in [2.05, 4.69) is 15.5 Å².